The molecule has 19 heavy (non-hydrogen) atoms. The summed E-state index contributed by atoms with van der Waals surface area (Å²) in [6.07, 6.45) is -2.46. The van der Waals surface area contributed by atoms with E-state index < -0.39 is 23.5 Å². The molecule has 0 bridgehead atoms. The molecule has 0 fully saturated rings. The Kier molecular flexibility index (Phi) is 3.90. The average molecular weight is 271 g/mol. The molecule has 1 aliphatic heterocycles. The Morgan fingerprint density at radius 1 is 1.26 bits per heavy atom. The van der Waals surface area contributed by atoms with Crippen molar-refractivity contribution in [1.82, 2.24) is 5.32 Å². The van der Waals surface area contributed by atoms with Gasteiger partial charge in [0.15, 0.2) is 0 Å². The number of alkyl halides is 3. The summed E-state index contributed by atoms with van der Waals surface area (Å²) in [6.45, 7) is 1.13. The monoisotopic (exact) mass is 271 g/mol. The molecular formula is C13H12F3NO2. The molecule has 0 unspecified atom stereocenters. The Bertz CT molecular complexity index is 509. The molecule has 1 aromatic rings. The lowest BCUT2D eigenvalue weighted by Crippen LogP contribution is -2.25. The van der Waals surface area contributed by atoms with Crippen molar-refractivity contribution < 1.29 is 22.7 Å². The van der Waals surface area contributed by atoms with E-state index in [1.54, 1.807) is 6.08 Å². The molecule has 6 heteroatoms. The zero-order valence-electron chi connectivity index (χ0n) is 9.96. The topological polar surface area (TPSA) is 38.3 Å². The van der Waals surface area contributed by atoms with Crippen LogP contribution < -0.4 is 10.1 Å². The van der Waals surface area contributed by atoms with Crippen LogP contribution in [-0.4, -0.2) is 19.1 Å². The number of nitrogens with one attached hydrogen (secondary N) is 1. The number of carbonyl (C=O) groups is 1. The van der Waals surface area contributed by atoms with Gasteiger partial charge in [0, 0.05) is 12.1 Å². The SMILES string of the molecule is O=C(Oc1ccccc1C(F)(F)F)C1=CCNCC1. The van der Waals surface area contributed by atoms with Crippen LogP contribution >= 0.6 is 0 Å². The van der Waals surface area contributed by atoms with Crippen molar-refractivity contribution in [3.8, 4) is 5.75 Å². The lowest BCUT2D eigenvalue weighted by Gasteiger charge is -2.15. The highest BCUT2D eigenvalue weighted by atomic mass is 19.4. The van der Waals surface area contributed by atoms with Gasteiger partial charge in [-0.1, -0.05) is 18.2 Å². The third-order valence-corrected chi connectivity index (χ3v) is 2.72. The molecule has 0 spiro atoms. The molecule has 1 aliphatic rings. The highest BCUT2D eigenvalue weighted by molar-refractivity contribution is 5.90. The standard InChI is InChI=1S/C13H12F3NO2/c14-13(15,16)10-3-1-2-4-11(10)19-12(18)9-5-7-17-8-6-9/h1-5,17H,6-8H2. The number of ether oxygens (including phenoxy) is 1. The summed E-state index contributed by atoms with van der Waals surface area (Å²) in [6, 6.07) is 4.68. The maximum Gasteiger partial charge on any atom is 0.419 e. The summed E-state index contributed by atoms with van der Waals surface area (Å²) in [5, 5.41) is 3.00. The van der Waals surface area contributed by atoms with Crippen LogP contribution in [0.25, 0.3) is 0 Å². The van der Waals surface area contributed by atoms with Crippen LogP contribution in [0.4, 0.5) is 13.2 Å². The Labute approximate surface area is 108 Å². The van der Waals surface area contributed by atoms with Crippen LogP contribution in [0.1, 0.15) is 12.0 Å². The van der Waals surface area contributed by atoms with Gasteiger partial charge in [0.1, 0.15) is 5.75 Å². The molecule has 1 heterocycles. The number of hydrogen-bond donors (Lipinski definition) is 1. The van der Waals surface area contributed by atoms with E-state index in [2.05, 4.69) is 5.32 Å². The number of halogens is 3. The van der Waals surface area contributed by atoms with Gasteiger partial charge < -0.3 is 10.1 Å². The molecular weight excluding hydrogens is 259 g/mol. The largest absolute Gasteiger partial charge is 0.423 e. The summed E-state index contributed by atoms with van der Waals surface area (Å²) < 4.78 is 43.0. The van der Waals surface area contributed by atoms with Gasteiger partial charge in [-0.05, 0) is 25.1 Å². The van der Waals surface area contributed by atoms with Crippen molar-refractivity contribution >= 4 is 5.97 Å². The first-order valence-corrected chi connectivity index (χ1v) is 5.76. The van der Waals surface area contributed by atoms with Crippen LogP contribution in [0, 0.1) is 0 Å². The number of esters is 1. The first kappa shape index (κ1) is 13.6. The van der Waals surface area contributed by atoms with Gasteiger partial charge in [-0.3, -0.25) is 0 Å². The van der Waals surface area contributed by atoms with Crippen LogP contribution in [0.3, 0.4) is 0 Å². The number of hydrogen-bond acceptors (Lipinski definition) is 3. The van der Waals surface area contributed by atoms with Gasteiger partial charge in [-0.2, -0.15) is 13.2 Å². The van der Waals surface area contributed by atoms with Crippen molar-refractivity contribution in [2.45, 2.75) is 12.6 Å². The van der Waals surface area contributed by atoms with Crippen molar-refractivity contribution in [3.05, 3.63) is 41.5 Å². The second kappa shape index (κ2) is 5.44. The van der Waals surface area contributed by atoms with Crippen molar-refractivity contribution in [1.29, 1.82) is 0 Å². The molecule has 0 aliphatic carbocycles. The Morgan fingerprint density at radius 2 is 2.00 bits per heavy atom. The Morgan fingerprint density at radius 3 is 2.63 bits per heavy atom. The fourth-order valence-electron chi connectivity index (χ4n) is 1.76. The number of benzene rings is 1. The van der Waals surface area contributed by atoms with Gasteiger partial charge in [0.25, 0.3) is 0 Å². The van der Waals surface area contributed by atoms with Crippen molar-refractivity contribution in [2.75, 3.05) is 13.1 Å². The van der Waals surface area contributed by atoms with Gasteiger partial charge in [0.2, 0.25) is 0 Å². The van der Waals surface area contributed by atoms with E-state index in [9.17, 15) is 18.0 Å². The molecule has 0 radical (unpaired) electrons. The van der Waals surface area contributed by atoms with Crippen molar-refractivity contribution in [3.63, 3.8) is 0 Å². The minimum atomic E-state index is -4.54. The fourth-order valence-corrected chi connectivity index (χ4v) is 1.76. The predicted octanol–water partition coefficient (Wildman–Crippen LogP) is 2.53. The normalized spacial score (nSPS) is 15.8. The second-order valence-corrected chi connectivity index (χ2v) is 4.07. The van der Waals surface area contributed by atoms with E-state index in [0.29, 0.717) is 25.1 Å². The van der Waals surface area contributed by atoms with E-state index in [1.807, 2.05) is 0 Å². The quantitative estimate of drug-likeness (QED) is 0.663. The van der Waals surface area contributed by atoms with Gasteiger partial charge in [-0.15, -0.1) is 0 Å². The molecule has 3 nitrogen and oxygen atoms in total. The highest BCUT2D eigenvalue weighted by Gasteiger charge is 2.34. The molecule has 0 saturated heterocycles. The van der Waals surface area contributed by atoms with Crippen LogP contribution in [0.2, 0.25) is 0 Å². The van der Waals surface area contributed by atoms with E-state index in [0.717, 1.165) is 12.1 Å². The van der Waals surface area contributed by atoms with Gasteiger partial charge in [0.05, 0.1) is 5.56 Å². The highest BCUT2D eigenvalue weighted by Crippen LogP contribution is 2.36. The average Bonchev–Trinajstić information content (AvgIpc) is 2.39. The first-order valence-electron chi connectivity index (χ1n) is 5.76. The Hall–Kier alpha value is -1.82. The Balaban J connectivity index is 2.19. The second-order valence-electron chi connectivity index (χ2n) is 4.07. The fraction of sp³-hybridized carbons (Fsp3) is 0.308. The molecule has 1 N–H and O–H groups in total. The summed E-state index contributed by atoms with van der Waals surface area (Å²) in [5.74, 6) is -1.18. The summed E-state index contributed by atoms with van der Waals surface area (Å²) in [4.78, 5) is 11.8. The van der Waals surface area contributed by atoms with E-state index >= 15 is 0 Å². The lowest BCUT2D eigenvalue weighted by atomic mass is 10.1. The molecule has 102 valence electrons. The molecule has 0 amide bonds. The zero-order valence-corrected chi connectivity index (χ0v) is 9.96. The third kappa shape index (κ3) is 3.35. The molecule has 0 atom stereocenters. The molecule has 0 saturated carbocycles. The molecule has 0 aromatic heterocycles. The molecule has 2 rings (SSSR count). The van der Waals surface area contributed by atoms with E-state index in [-0.39, 0.29) is 0 Å². The van der Waals surface area contributed by atoms with Crippen LogP contribution in [-0.2, 0) is 11.0 Å². The lowest BCUT2D eigenvalue weighted by molar-refractivity contribution is -0.141. The summed E-state index contributed by atoms with van der Waals surface area (Å²) in [7, 11) is 0. The van der Waals surface area contributed by atoms with E-state index in [1.165, 1.54) is 12.1 Å². The van der Waals surface area contributed by atoms with Gasteiger partial charge in [-0.25, -0.2) is 4.79 Å². The number of rotatable bonds is 2. The smallest absolute Gasteiger partial charge is 0.419 e. The number of carbonyl (C=O) groups excluding carboxylic acids is 1. The van der Waals surface area contributed by atoms with Crippen molar-refractivity contribution in [2.24, 2.45) is 0 Å². The molecule has 1 aromatic carbocycles. The predicted molar refractivity (Wildman–Crippen MR) is 62.6 cm³/mol. The van der Waals surface area contributed by atoms with Crippen LogP contribution in [0.15, 0.2) is 35.9 Å². The minimum absolute atomic E-state index is 0.399. The maximum absolute atomic E-state index is 12.7. The summed E-state index contributed by atoms with van der Waals surface area (Å²) in [5.41, 5.74) is -0.548. The maximum atomic E-state index is 12.7. The number of para-hydroxylation sites is 1. The van der Waals surface area contributed by atoms with Gasteiger partial charge >= 0.3 is 12.1 Å². The van der Waals surface area contributed by atoms with E-state index in [4.69, 9.17) is 4.74 Å². The van der Waals surface area contributed by atoms with Crippen LogP contribution in [0.5, 0.6) is 5.75 Å². The first-order chi connectivity index (χ1) is 8.98. The minimum Gasteiger partial charge on any atom is -0.423 e. The zero-order chi connectivity index (χ0) is 13.9. The summed E-state index contributed by atoms with van der Waals surface area (Å²) >= 11 is 0. The third-order valence-electron chi connectivity index (χ3n) is 2.72.